The Balaban J connectivity index is 1.32. The van der Waals surface area contributed by atoms with Gasteiger partial charge in [0.25, 0.3) is 0 Å². The lowest BCUT2D eigenvalue weighted by Gasteiger charge is -2.29. The summed E-state index contributed by atoms with van der Waals surface area (Å²) in [6.45, 7) is 5.47. The Labute approximate surface area is 229 Å². The lowest BCUT2D eigenvalue weighted by Crippen LogP contribution is -2.38. The van der Waals surface area contributed by atoms with Gasteiger partial charge < -0.3 is 23.5 Å². The van der Waals surface area contributed by atoms with Crippen molar-refractivity contribution in [2.75, 3.05) is 20.2 Å². The molecule has 1 amide bonds. The first kappa shape index (κ1) is 26.4. The monoisotopic (exact) mass is 526 g/mol. The first-order valence-electron chi connectivity index (χ1n) is 13.4. The highest BCUT2D eigenvalue weighted by Crippen LogP contribution is 2.38. The van der Waals surface area contributed by atoms with Gasteiger partial charge in [-0.3, -0.25) is 0 Å². The van der Waals surface area contributed by atoms with Crippen molar-refractivity contribution in [2.24, 2.45) is 0 Å². The summed E-state index contributed by atoms with van der Waals surface area (Å²) in [5, 5.41) is 0. The summed E-state index contributed by atoms with van der Waals surface area (Å²) in [6.07, 6.45) is 1.33. The van der Waals surface area contributed by atoms with Crippen LogP contribution in [0.2, 0.25) is 0 Å². The summed E-state index contributed by atoms with van der Waals surface area (Å²) in [5.41, 5.74) is 3.64. The maximum atomic E-state index is 12.6. The predicted molar refractivity (Wildman–Crippen MR) is 150 cm³/mol. The molecule has 5 rings (SSSR count). The molecule has 1 aliphatic heterocycles. The van der Waals surface area contributed by atoms with Crippen LogP contribution < -0.4 is 9.47 Å². The fraction of sp³-hybridized carbons (Fsp3) is 0.312. The fourth-order valence-electron chi connectivity index (χ4n) is 4.73. The van der Waals surface area contributed by atoms with Gasteiger partial charge in [0.1, 0.15) is 23.8 Å². The fourth-order valence-corrected chi connectivity index (χ4v) is 4.73. The number of ether oxygens (including phenoxy) is 3. The normalized spacial score (nSPS) is 13.9. The molecule has 4 aromatic rings. The van der Waals surface area contributed by atoms with E-state index in [0.29, 0.717) is 19.0 Å². The molecule has 0 N–H and O–H groups in total. The lowest BCUT2D eigenvalue weighted by molar-refractivity contribution is 0.0856. The van der Waals surface area contributed by atoms with E-state index in [-0.39, 0.29) is 24.7 Å². The van der Waals surface area contributed by atoms with E-state index < -0.39 is 0 Å². The van der Waals surface area contributed by atoms with Crippen molar-refractivity contribution in [3.05, 3.63) is 90.3 Å². The number of benzene rings is 3. The van der Waals surface area contributed by atoms with Gasteiger partial charge in [-0.1, -0.05) is 30.3 Å². The van der Waals surface area contributed by atoms with Crippen LogP contribution in [0.1, 0.15) is 44.1 Å². The molecule has 2 heterocycles. The van der Waals surface area contributed by atoms with Crippen molar-refractivity contribution in [3.63, 3.8) is 0 Å². The second-order valence-electron chi connectivity index (χ2n) is 9.95. The first-order valence-corrected chi connectivity index (χ1v) is 13.4. The van der Waals surface area contributed by atoms with Crippen LogP contribution in [0, 0.1) is 0 Å². The zero-order valence-electron chi connectivity index (χ0n) is 22.6. The predicted octanol–water partition coefficient (Wildman–Crippen LogP) is 7.32. The van der Waals surface area contributed by atoms with Crippen molar-refractivity contribution in [2.45, 2.75) is 45.3 Å². The van der Waals surface area contributed by atoms with Crippen LogP contribution in [-0.2, 0) is 11.3 Å². The number of oxazole rings is 1. The molecule has 0 aliphatic carbocycles. The topological polar surface area (TPSA) is 74.0 Å². The average Bonchev–Trinajstić information content (AvgIpc) is 3.42. The number of piperidine rings is 1. The average molecular weight is 527 g/mol. The van der Waals surface area contributed by atoms with E-state index in [1.807, 2.05) is 92.7 Å². The minimum atomic E-state index is -0.284. The van der Waals surface area contributed by atoms with Gasteiger partial charge in [-0.2, -0.15) is 0 Å². The van der Waals surface area contributed by atoms with E-state index in [1.54, 1.807) is 12.0 Å². The number of carbonyl (C=O) groups excluding carboxylic acids is 1. The third-order valence-corrected chi connectivity index (χ3v) is 6.80. The van der Waals surface area contributed by atoms with Gasteiger partial charge in [-0.25, -0.2) is 9.78 Å². The Morgan fingerprint density at radius 2 is 1.56 bits per heavy atom. The summed E-state index contributed by atoms with van der Waals surface area (Å²) in [6, 6.07) is 25.5. The van der Waals surface area contributed by atoms with Gasteiger partial charge >= 0.3 is 6.09 Å². The summed E-state index contributed by atoms with van der Waals surface area (Å²) in [4.78, 5) is 19.4. The number of nitrogens with zero attached hydrogens (tertiary/aromatic N) is 2. The number of hydrogen-bond acceptors (Lipinski definition) is 6. The molecular formula is C32H34N2O5. The third kappa shape index (κ3) is 6.42. The Hall–Kier alpha value is -4.26. The van der Waals surface area contributed by atoms with E-state index in [0.717, 1.165) is 52.5 Å². The van der Waals surface area contributed by atoms with Crippen LogP contribution in [0.15, 0.2) is 83.3 Å². The summed E-state index contributed by atoms with van der Waals surface area (Å²) < 4.78 is 23.1. The highest BCUT2D eigenvalue weighted by molar-refractivity contribution is 5.77. The second-order valence-corrected chi connectivity index (χ2v) is 9.95. The standard InChI is InChI=1S/C32H34N2O5/c1-22(2)38-28-15-9-24(10-16-28)29-30(25-11-13-27(36-3)14-12-25)39-31(33-29)26-17-19-34(20-18-26)32(35)37-21-23-7-5-4-6-8-23/h4-16,22,26H,17-21H2,1-3H3. The molecule has 0 saturated carbocycles. The van der Waals surface area contributed by atoms with Crippen LogP contribution in [0.4, 0.5) is 4.79 Å². The number of aromatic nitrogens is 1. The van der Waals surface area contributed by atoms with E-state index in [4.69, 9.17) is 23.6 Å². The molecule has 0 bridgehead atoms. The number of rotatable bonds is 8. The van der Waals surface area contributed by atoms with E-state index in [2.05, 4.69) is 0 Å². The molecule has 0 unspecified atom stereocenters. The van der Waals surface area contributed by atoms with Crippen LogP contribution in [0.25, 0.3) is 22.6 Å². The Morgan fingerprint density at radius 1 is 0.923 bits per heavy atom. The maximum Gasteiger partial charge on any atom is 0.410 e. The summed E-state index contributed by atoms with van der Waals surface area (Å²) >= 11 is 0. The summed E-state index contributed by atoms with van der Waals surface area (Å²) in [7, 11) is 1.65. The lowest BCUT2D eigenvalue weighted by atomic mass is 9.97. The highest BCUT2D eigenvalue weighted by Gasteiger charge is 2.29. The second kappa shape index (κ2) is 12.1. The minimum absolute atomic E-state index is 0.103. The Kier molecular flexibility index (Phi) is 8.16. The molecule has 0 atom stereocenters. The highest BCUT2D eigenvalue weighted by atomic mass is 16.6. The van der Waals surface area contributed by atoms with E-state index >= 15 is 0 Å². The van der Waals surface area contributed by atoms with Crippen LogP contribution in [0.5, 0.6) is 11.5 Å². The van der Waals surface area contributed by atoms with Gasteiger partial charge in [0.15, 0.2) is 11.7 Å². The van der Waals surface area contributed by atoms with E-state index in [9.17, 15) is 4.79 Å². The third-order valence-electron chi connectivity index (χ3n) is 6.80. The Morgan fingerprint density at radius 3 is 2.21 bits per heavy atom. The first-order chi connectivity index (χ1) is 19.0. The van der Waals surface area contributed by atoms with Gasteiger partial charge in [-0.05, 0) is 80.8 Å². The molecular weight excluding hydrogens is 492 g/mol. The van der Waals surface area contributed by atoms with Crippen LogP contribution in [0.3, 0.4) is 0 Å². The molecule has 7 heteroatoms. The maximum absolute atomic E-state index is 12.6. The molecule has 1 aromatic heterocycles. The van der Waals surface area contributed by atoms with E-state index in [1.165, 1.54) is 0 Å². The number of carbonyl (C=O) groups is 1. The molecule has 39 heavy (non-hydrogen) atoms. The molecule has 202 valence electrons. The molecule has 1 saturated heterocycles. The van der Waals surface area contributed by atoms with Crippen molar-refractivity contribution in [1.29, 1.82) is 0 Å². The number of hydrogen-bond donors (Lipinski definition) is 0. The molecule has 1 fully saturated rings. The molecule has 3 aromatic carbocycles. The molecule has 1 aliphatic rings. The largest absolute Gasteiger partial charge is 0.497 e. The molecule has 7 nitrogen and oxygen atoms in total. The SMILES string of the molecule is COc1ccc(-c2oc(C3CCN(C(=O)OCc4ccccc4)CC3)nc2-c2ccc(OC(C)C)cc2)cc1. The number of amides is 1. The van der Waals surface area contributed by atoms with Gasteiger partial charge in [0.05, 0.1) is 13.2 Å². The van der Waals surface area contributed by atoms with Crippen LogP contribution >= 0.6 is 0 Å². The zero-order chi connectivity index (χ0) is 27.2. The van der Waals surface area contributed by atoms with Crippen molar-refractivity contribution >= 4 is 6.09 Å². The van der Waals surface area contributed by atoms with Crippen molar-refractivity contribution in [1.82, 2.24) is 9.88 Å². The van der Waals surface area contributed by atoms with Gasteiger partial charge in [-0.15, -0.1) is 0 Å². The minimum Gasteiger partial charge on any atom is -0.497 e. The van der Waals surface area contributed by atoms with Crippen molar-refractivity contribution in [3.8, 4) is 34.1 Å². The van der Waals surface area contributed by atoms with Gasteiger partial charge in [0.2, 0.25) is 0 Å². The Bertz CT molecular complexity index is 1360. The number of likely N-dealkylation sites (tertiary alicyclic amines) is 1. The smallest absolute Gasteiger partial charge is 0.410 e. The van der Waals surface area contributed by atoms with Gasteiger partial charge in [0, 0.05) is 30.1 Å². The number of methoxy groups -OCH3 is 1. The zero-order valence-corrected chi connectivity index (χ0v) is 22.6. The summed E-state index contributed by atoms with van der Waals surface area (Å²) in [5.74, 6) is 3.11. The molecule has 0 spiro atoms. The van der Waals surface area contributed by atoms with Crippen LogP contribution in [-0.4, -0.2) is 42.3 Å². The van der Waals surface area contributed by atoms with Crippen molar-refractivity contribution < 1.29 is 23.4 Å². The quantitative estimate of drug-likeness (QED) is 0.239. The molecule has 0 radical (unpaired) electrons.